The second-order valence-corrected chi connectivity index (χ2v) is 14.8. The average Bonchev–Trinajstić information content (AvgIpc) is 2.71. The molecule has 7 nitrogen and oxygen atoms in total. The molecule has 1 unspecified atom stereocenters. The first-order valence-corrected chi connectivity index (χ1v) is 14.0. The molecule has 1 N–H and O–H groups in total. The SMILES string of the molecule is CC(C)N1C(=O)c2c(OCc3ccccc3)c(=O)ccn2NC1CO[Si](C)(C)C(C)(C)C. The lowest BCUT2D eigenvalue weighted by atomic mass is 10.2. The molecule has 174 valence electrons. The van der Waals surface area contributed by atoms with Gasteiger partial charge in [-0.3, -0.25) is 14.3 Å². The molecule has 32 heavy (non-hydrogen) atoms. The summed E-state index contributed by atoms with van der Waals surface area (Å²) >= 11 is 0. The van der Waals surface area contributed by atoms with Crippen LogP contribution in [-0.2, 0) is 11.0 Å². The van der Waals surface area contributed by atoms with Crippen molar-refractivity contribution in [2.24, 2.45) is 0 Å². The predicted molar refractivity (Wildman–Crippen MR) is 129 cm³/mol. The van der Waals surface area contributed by atoms with Crippen LogP contribution in [0.15, 0.2) is 47.4 Å². The summed E-state index contributed by atoms with van der Waals surface area (Å²) in [6, 6.07) is 10.9. The highest BCUT2D eigenvalue weighted by Crippen LogP contribution is 2.37. The van der Waals surface area contributed by atoms with Gasteiger partial charge < -0.3 is 19.5 Å². The van der Waals surface area contributed by atoms with Crippen molar-refractivity contribution in [3.8, 4) is 5.75 Å². The number of carbonyl (C=O) groups excluding carboxylic acids is 1. The highest BCUT2D eigenvalue weighted by Gasteiger charge is 2.41. The van der Waals surface area contributed by atoms with E-state index in [-0.39, 0.29) is 46.6 Å². The molecular weight excluding hydrogens is 422 g/mol. The molecule has 0 fully saturated rings. The Morgan fingerprint density at radius 3 is 2.34 bits per heavy atom. The third kappa shape index (κ3) is 4.91. The van der Waals surface area contributed by atoms with Gasteiger partial charge in [0.25, 0.3) is 5.91 Å². The number of hydrogen-bond donors (Lipinski definition) is 1. The molecule has 1 aromatic carbocycles. The van der Waals surface area contributed by atoms with Crippen LogP contribution in [-0.4, -0.2) is 42.6 Å². The Morgan fingerprint density at radius 1 is 1.09 bits per heavy atom. The van der Waals surface area contributed by atoms with Crippen molar-refractivity contribution in [2.45, 2.75) is 71.6 Å². The molecule has 0 aliphatic carbocycles. The Morgan fingerprint density at radius 2 is 1.75 bits per heavy atom. The van der Waals surface area contributed by atoms with Gasteiger partial charge in [-0.1, -0.05) is 51.1 Å². The standard InChI is InChI=1S/C24H35N3O4Si/c1-17(2)27-20(16-31-32(6,7)24(3,4)5)25-26-14-13-19(28)22(21(26)23(27)29)30-15-18-11-9-8-10-12-18/h8-14,17,20,25H,15-16H2,1-7H3. The molecule has 1 aliphatic rings. The fraction of sp³-hybridized carbons (Fsp3) is 0.500. The fourth-order valence-corrected chi connectivity index (χ4v) is 4.41. The van der Waals surface area contributed by atoms with E-state index < -0.39 is 8.32 Å². The first-order chi connectivity index (χ1) is 14.9. The van der Waals surface area contributed by atoms with Crippen molar-refractivity contribution in [3.63, 3.8) is 0 Å². The van der Waals surface area contributed by atoms with Crippen LogP contribution < -0.4 is 15.6 Å². The van der Waals surface area contributed by atoms with E-state index in [0.29, 0.717) is 6.61 Å². The lowest BCUT2D eigenvalue weighted by Crippen LogP contribution is -2.59. The zero-order valence-corrected chi connectivity index (χ0v) is 21.1. The predicted octanol–water partition coefficient (Wildman–Crippen LogP) is 4.18. The van der Waals surface area contributed by atoms with E-state index in [1.807, 2.05) is 44.2 Å². The van der Waals surface area contributed by atoms with Gasteiger partial charge in [-0.05, 0) is 37.5 Å². The van der Waals surface area contributed by atoms with Crippen LogP contribution in [0.4, 0.5) is 0 Å². The lowest BCUT2D eigenvalue weighted by Gasteiger charge is -2.43. The molecule has 0 saturated heterocycles. The molecule has 0 bridgehead atoms. The number of hydrogen-bond acceptors (Lipinski definition) is 5. The number of carbonyl (C=O) groups is 1. The molecule has 3 rings (SSSR count). The van der Waals surface area contributed by atoms with E-state index in [2.05, 4.69) is 39.3 Å². The van der Waals surface area contributed by atoms with Crippen LogP contribution in [0.2, 0.25) is 18.1 Å². The number of pyridine rings is 1. The third-order valence-electron chi connectivity index (χ3n) is 6.31. The van der Waals surface area contributed by atoms with Crippen LogP contribution in [0.25, 0.3) is 0 Å². The maximum absolute atomic E-state index is 13.6. The largest absolute Gasteiger partial charge is 0.482 e. The van der Waals surface area contributed by atoms with Crippen molar-refractivity contribution >= 4 is 14.2 Å². The van der Waals surface area contributed by atoms with Gasteiger partial charge >= 0.3 is 0 Å². The van der Waals surface area contributed by atoms with Crippen LogP contribution in [0.5, 0.6) is 5.75 Å². The maximum Gasteiger partial charge on any atom is 0.278 e. The van der Waals surface area contributed by atoms with Crippen LogP contribution in [0, 0.1) is 0 Å². The molecule has 8 heteroatoms. The highest BCUT2D eigenvalue weighted by molar-refractivity contribution is 6.74. The third-order valence-corrected chi connectivity index (χ3v) is 10.8. The van der Waals surface area contributed by atoms with E-state index in [1.165, 1.54) is 6.07 Å². The summed E-state index contributed by atoms with van der Waals surface area (Å²) < 4.78 is 13.9. The number of benzene rings is 1. The van der Waals surface area contributed by atoms with Gasteiger partial charge in [0, 0.05) is 18.3 Å². The molecule has 2 heterocycles. The first kappa shape index (κ1) is 24.1. The molecule has 1 aliphatic heterocycles. The van der Waals surface area contributed by atoms with Gasteiger partial charge in [-0.25, -0.2) is 0 Å². The summed E-state index contributed by atoms with van der Waals surface area (Å²) in [6.45, 7) is 15.4. The van der Waals surface area contributed by atoms with Gasteiger partial charge in [-0.15, -0.1) is 0 Å². The molecule has 1 amide bonds. The molecule has 1 atom stereocenters. The smallest absolute Gasteiger partial charge is 0.278 e. The Balaban J connectivity index is 1.90. The van der Waals surface area contributed by atoms with Crippen molar-refractivity contribution in [3.05, 3.63) is 64.1 Å². The Labute approximate surface area is 191 Å². The van der Waals surface area contributed by atoms with E-state index in [1.54, 1.807) is 15.8 Å². The van der Waals surface area contributed by atoms with Gasteiger partial charge in [0.2, 0.25) is 5.43 Å². The number of nitrogens with one attached hydrogen (secondary N) is 1. The number of ether oxygens (including phenoxy) is 1. The lowest BCUT2D eigenvalue weighted by molar-refractivity contribution is 0.0471. The zero-order valence-electron chi connectivity index (χ0n) is 20.1. The summed E-state index contributed by atoms with van der Waals surface area (Å²) in [5.41, 5.74) is 4.17. The minimum absolute atomic E-state index is 0.0586. The molecule has 0 spiro atoms. The van der Waals surface area contributed by atoms with Gasteiger partial charge in [0.1, 0.15) is 12.8 Å². The summed E-state index contributed by atoms with van der Waals surface area (Å²) in [6.07, 6.45) is 1.23. The fourth-order valence-electron chi connectivity index (χ4n) is 3.40. The molecular formula is C24H35N3O4Si. The topological polar surface area (TPSA) is 72.8 Å². The number of nitrogens with zero attached hydrogens (tertiary/aromatic N) is 2. The first-order valence-electron chi connectivity index (χ1n) is 11.1. The Kier molecular flexibility index (Phi) is 6.85. The van der Waals surface area contributed by atoms with Gasteiger partial charge in [0.05, 0.1) is 6.61 Å². The van der Waals surface area contributed by atoms with Crippen LogP contribution >= 0.6 is 0 Å². The second-order valence-electron chi connectivity index (χ2n) is 10.0. The number of rotatable bonds is 7. The quantitative estimate of drug-likeness (QED) is 0.632. The number of fused-ring (bicyclic) bond motifs is 1. The van der Waals surface area contributed by atoms with E-state index >= 15 is 0 Å². The Bertz CT molecular complexity index is 1010. The van der Waals surface area contributed by atoms with E-state index in [9.17, 15) is 9.59 Å². The molecule has 1 aromatic heterocycles. The van der Waals surface area contributed by atoms with Crippen LogP contribution in [0.3, 0.4) is 0 Å². The van der Waals surface area contributed by atoms with Crippen molar-refractivity contribution in [1.82, 2.24) is 9.58 Å². The summed E-state index contributed by atoms with van der Waals surface area (Å²) in [7, 11) is -2.00. The average molecular weight is 458 g/mol. The number of aromatic nitrogens is 1. The van der Waals surface area contributed by atoms with Crippen molar-refractivity contribution in [1.29, 1.82) is 0 Å². The monoisotopic (exact) mass is 457 g/mol. The molecule has 0 radical (unpaired) electrons. The van der Waals surface area contributed by atoms with Gasteiger partial charge in [0.15, 0.2) is 19.8 Å². The number of amides is 1. The van der Waals surface area contributed by atoms with Crippen molar-refractivity contribution < 1.29 is 14.0 Å². The summed E-state index contributed by atoms with van der Waals surface area (Å²) in [5.74, 6) is -0.188. The minimum Gasteiger partial charge on any atom is -0.482 e. The summed E-state index contributed by atoms with van der Waals surface area (Å²) in [4.78, 5) is 27.9. The van der Waals surface area contributed by atoms with E-state index in [4.69, 9.17) is 9.16 Å². The van der Waals surface area contributed by atoms with Gasteiger partial charge in [-0.2, -0.15) is 0 Å². The highest BCUT2D eigenvalue weighted by atomic mass is 28.4. The molecule has 0 saturated carbocycles. The minimum atomic E-state index is -2.00. The molecule has 2 aromatic rings. The van der Waals surface area contributed by atoms with E-state index in [0.717, 1.165) is 5.56 Å². The maximum atomic E-state index is 13.6. The Hall–Kier alpha value is -2.58. The van der Waals surface area contributed by atoms with Crippen LogP contribution in [0.1, 0.15) is 50.7 Å². The second kappa shape index (κ2) is 9.11. The zero-order chi connectivity index (χ0) is 23.7. The normalized spacial score (nSPS) is 16.7. The van der Waals surface area contributed by atoms with Crippen molar-refractivity contribution in [2.75, 3.05) is 12.0 Å². The summed E-state index contributed by atoms with van der Waals surface area (Å²) in [5, 5.41) is 0.0648.